The molecule has 1 aromatic heterocycles. The Balaban J connectivity index is 2.29. The average molecular weight is 291 g/mol. The summed E-state index contributed by atoms with van der Waals surface area (Å²) in [4.78, 5) is 4.06. The van der Waals surface area contributed by atoms with Crippen molar-refractivity contribution in [2.24, 2.45) is 0 Å². The Hall–Kier alpha value is -1.92. The third-order valence-electron chi connectivity index (χ3n) is 2.93. The molecule has 0 aliphatic rings. The molecular weight excluding hydrogens is 274 g/mol. The monoisotopic (exact) mass is 291 g/mol. The van der Waals surface area contributed by atoms with E-state index in [4.69, 9.17) is 5.73 Å². The topological polar surface area (TPSA) is 76.3 Å². The Morgan fingerprint density at radius 3 is 2.65 bits per heavy atom. The van der Waals surface area contributed by atoms with Crippen LogP contribution in [0.15, 0.2) is 53.7 Å². The first kappa shape index (κ1) is 14.5. The third kappa shape index (κ3) is 3.15. The first-order valence-corrected chi connectivity index (χ1v) is 7.72. The van der Waals surface area contributed by atoms with Gasteiger partial charge in [-0.1, -0.05) is 19.1 Å². The van der Waals surface area contributed by atoms with Gasteiger partial charge in [0, 0.05) is 31.2 Å². The van der Waals surface area contributed by atoms with E-state index in [0.717, 1.165) is 5.56 Å². The zero-order valence-electron chi connectivity index (χ0n) is 11.2. The van der Waals surface area contributed by atoms with Crippen LogP contribution in [0.1, 0.15) is 12.5 Å². The van der Waals surface area contributed by atoms with Gasteiger partial charge in [0.05, 0.1) is 0 Å². The van der Waals surface area contributed by atoms with Crippen LogP contribution in [0, 0.1) is 0 Å². The summed E-state index contributed by atoms with van der Waals surface area (Å²) in [6.07, 6.45) is 2.91. The number of nitrogens with two attached hydrogens (primary N) is 1. The van der Waals surface area contributed by atoms with Crippen LogP contribution in [-0.4, -0.2) is 24.3 Å². The molecule has 0 saturated carbocycles. The minimum Gasteiger partial charge on any atom is -0.399 e. The number of benzene rings is 1. The lowest BCUT2D eigenvalue weighted by molar-refractivity contribution is 0.423. The van der Waals surface area contributed by atoms with Gasteiger partial charge in [0.2, 0.25) is 10.0 Å². The third-order valence-corrected chi connectivity index (χ3v) is 4.84. The molecule has 0 bridgehead atoms. The van der Waals surface area contributed by atoms with Crippen molar-refractivity contribution in [2.75, 3.05) is 12.3 Å². The number of anilines is 1. The van der Waals surface area contributed by atoms with E-state index in [1.54, 1.807) is 37.4 Å². The number of nitrogen functional groups attached to an aromatic ring is 1. The van der Waals surface area contributed by atoms with Crippen LogP contribution >= 0.6 is 0 Å². The van der Waals surface area contributed by atoms with Crippen LogP contribution in [0.25, 0.3) is 0 Å². The summed E-state index contributed by atoms with van der Waals surface area (Å²) in [7, 11) is -3.53. The van der Waals surface area contributed by atoms with Crippen LogP contribution in [0.2, 0.25) is 0 Å². The molecule has 2 aromatic rings. The fraction of sp³-hybridized carbons (Fsp3) is 0.214. The second-order valence-electron chi connectivity index (χ2n) is 4.36. The van der Waals surface area contributed by atoms with Crippen molar-refractivity contribution in [2.45, 2.75) is 18.4 Å². The predicted octanol–water partition coefficient (Wildman–Crippen LogP) is 1.87. The standard InChI is InChI=1S/C14H17N3O2S/c1-2-17(11-12-5-3-6-13(15)9-12)20(18,19)14-7-4-8-16-10-14/h3-10H,2,11,15H2,1H3. The molecule has 1 aromatic carbocycles. The van der Waals surface area contributed by atoms with Gasteiger partial charge < -0.3 is 5.73 Å². The summed E-state index contributed by atoms with van der Waals surface area (Å²) >= 11 is 0. The summed E-state index contributed by atoms with van der Waals surface area (Å²) in [5, 5.41) is 0. The van der Waals surface area contributed by atoms with Gasteiger partial charge >= 0.3 is 0 Å². The maximum Gasteiger partial charge on any atom is 0.244 e. The summed E-state index contributed by atoms with van der Waals surface area (Å²) in [5.74, 6) is 0. The Labute approximate surface area is 119 Å². The Morgan fingerprint density at radius 2 is 2.05 bits per heavy atom. The Morgan fingerprint density at radius 1 is 1.25 bits per heavy atom. The number of aromatic nitrogens is 1. The van der Waals surface area contributed by atoms with Crippen molar-refractivity contribution < 1.29 is 8.42 Å². The van der Waals surface area contributed by atoms with E-state index in [1.165, 1.54) is 10.5 Å². The largest absolute Gasteiger partial charge is 0.399 e. The van der Waals surface area contributed by atoms with Gasteiger partial charge in [0.1, 0.15) is 4.90 Å². The number of hydrogen-bond donors (Lipinski definition) is 1. The molecule has 2 rings (SSSR count). The van der Waals surface area contributed by atoms with E-state index in [2.05, 4.69) is 4.98 Å². The normalized spacial score (nSPS) is 11.7. The molecule has 0 radical (unpaired) electrons. The highest BCUT2D eigenvalue weighted by molar-refractivity contribution is 7.89. The van der Waals surface area contributed by atoms with Crippen molar-refractivity contribution in [3.8, 4) is 0 Å². The maximum atomic E-state index is 12.5. The van der Waals surface area contributed by atoms with Gasteiger partial charge in [-0.3, -0.25) is 4.98 Å². The lowest BCUT2D eigenvalue weighted by atomic mass is 10.2. The highest BCUT2D eigenvalue weighted by Gasteiger charge is 2.23. The highest BCUT2D eigenvalue weighted by atomic mass is 32.2. The molecule has 1 heterocycles. The molecule has 0 atom stereocenters. The highest BCUT2D eigenvalue weighted by Crippen LogP contribution is 2.18. The second kappa shape index (κ2) is 6.02. The molecule has 0 amide bonds. The van der Waals surface area contributed by atoms with Crippen molar-refractivity contribution in [3.63, 3.8) is 0 Å². The Bertz CT molecular complexity index is 672. The first-order valence-electron chi connectivity index (χ1n) is 6.28. The van der Waals surface area contributed by atoms with Crippen molar-refractivity contribution in [1.29, 1.82) is 0 Å². The molecule has 2 N–H and O–H groups in total. The molecule has 0 spiro atoms. The second-order valence-corrected chi connectivity index (χ2v) is 6.30. The molecule has 0 aliphatic carbocycles. The molecule has 6 heteroatoms. The molecule has 0 saturated heterocycles. The van der Waals surface area contributed by atoms with Crippen LogP contribution in [0.3, 0.4) is 0 Å². The lowest BCUT2D eigenvalue weighted by Gasteiger charge is -2.20. The van der Waals surface area contributed by atoms with Crippen molar-refractivity contribution >= 4 is 15.7 Å². The van der Waals surface area contributed by atoms with Gasteiger partial charge in [0.25, 0.3) is 0 Å². The number of pyridine rings is 1. The smallest absolute Gasteiger partial charge is 0.244 e. The minimum absolute atomic E-state index is 0.200. The van der Waals surface area contributed by atoms with E-state index in [0.29, 0.717) is 18.8 Å². The molecule has 0 fully saturated rings. The van der Waals surface area contributed by atoms with Crippen LogP contribution in [0.5, 0.6) is 0 Å². The van der Waals surface area contributed by atoms with Crippen LogP contribution < -0.4 is 5.73 Å². The summed E-state index contributed by atoms with van der Waals surface area (Å²) < 4.78 is 26.4. The van der Waals surface area contributed by atoms with Gasteiger partial charge in [0.15, 0.2) is 0 Å². The van der Waals surface area contributed by atoms with Crippen molar-refractivity contribution in [3.05, 3.63) is 54.4 Å². The lowest BCUT2D eigenvalue weighted by Crippen LogP contribution is -2.30. The zero-order valence-corrected chi connectivity index (χ0v) is 12.0. The summed E-state index contributed by atoms with van der Waals surface area (Å²) in [6.45, 7) is 2.48. The number of nitrogens with zero attached hydrogens (tertiary/aromatic N) is 2. The molecule has 0 unspecified atom stereocenters. The molecule has 20 heavy (non-hydrogen) atoms. The van der Waals surface area contributed by atoms with Crippen LogP contribution in [-0.2, 0) is 16.6 Å². The van der Waals surface area contributed by atoms with E-state index >= 15 is 0 Å². The molecule has 5 nitrogen and oxygen atoms in total. The minimum atomic E-state index is -3.53. The summed E-state index contributed by atoms with van der Waals surface area (Å²) in [5.41, 5.74) is 7.20. The maximum absolute atomic E-state index is 12.5. The van der Waals surface area contributed by atoms with Gasteiger partial charge in [-0.15, -0.1) is 0 Å². The fourth-order valence-electron chi connectivity index (χ4n) is 1.91. The van der Waals surface area contributed by atoms with Gasteiger partial charge in [-0.25, -0.2) is 8.42 Å². The van der Waals surface area contributed by atoms with Crippen molar-refractivity contribution in [1.82, 2.24) is 9.29 Å². The van der Waals surface area contributed by atoms with E-state index in [-0.39, 0.29) is 4.90 Å². The van der Waals surface area contributed by atoms with E-state index in [1.807, 2.05) is 12.1 Å². The number of sulfonamides is 1. The number of rotatable bonds is 5. The Kier molecular flexibility index (Phi) is 4.36. The predicted molar refractivity (Wildman–Crippen MR) is 78.4 cm³/mol. The fourth-order valence-corrected chi connectivity index (χ4v) is 3.31. The van der Waals surface area contributed by atoms with Gasteiger partial charge in [-0.2, -0.15) is 4.31 Å². The van der Waals surface area contributed by atoms with E-state index < -0.39 is 10.0 Å². The first-order chi connectivity index (χ1) is 9.54. The molecule has 0 aliphatic heterocycles. The molecular formula is C14H17N3O2S. The summed E-state index contributed by atoms with van der Waals surface area (Å²) in [6, 6.07) is 10.4. The van der Waals surface area contributed by atoms with E-state index in [9.17, 15) is 8.42 Å². The van der Waals surface area contributed by atoms with Gasteiger partial charge in [-0.05, 0) is 29.8 Å². The average Bonchev–Trinajstić information content (AvgIpc) is 2.45. The quantitative estimate of drug-likeness (QED) is 0.853. The number of hydrogen-bond acceptors (Lipinski definition) is 4. The zero-order chi connectivity index (χ0) is 14.6. The van der Waals surface area contributed by atoms with Crippen LogP contribution in [0.4, 0.5) is 5.69 Å². The SMILES string of the molecule is CCN(Cc1cccc(N)c1)S(=O)(=O)c1cccnc1. The molecule has 106 valence electrons.